The fourth-order valence-electron chi connectivity index (χ4n) is 2.52. The quantitative estimate of drug-likeness (QED) is 0.883. The summed E-state index contributed by atoms with van der Waals surface area (Å²) in [6.07, 6.45) is 1.76. The summed E-state index contributed by atoms with van der Waals surface area (Å²) in [4.78, 5) is 14.4. The molecule has 1 amide bonds. The summed E-state index contributed by atoms with van der Waals surface area (Å²) in [5.41, 5.74) is 2.68. The zero-order chi connectivity index (χ0) is 14.1. The summed E-state index contributed by atoms with van der Waals surface area (Å²) in [5.74, 6) is -0.0151. The molecule has 20 heavy (non-hydrogen) atoms. The van der Waals surface area contributed by atoms with Crippen molar-refractivity contribution in [1.29, 1.82) is 0 Å². The Morgan fingerprint density at radius 1 is 1.40 bits per heavy atom. The number of nitrogens with one attached hydrogen (secondary N) is 1. The van der Waals surface area contributed by atoms with E-state index in [0.29, 0.717) is 12.1 Å². The van der Waals surface area contributed by atoms with Crippen molar-refractivity contribution < 1.29 is 4.79 Å². The van der Waals surface area contributed by atoms with Crippen LogP contribution in [0.5, 0.6) is 0 Å². The second-order valence-corrected chi connectivity index (χ2v) is 5.12. The molecular formula is C14H17N5O. The van der Waals surface area contributed by atoms with Gasteiger partial charge < -0.3 is 10.2 Å². The Bertz CT molecular complexity index is 636. The van der Waals surface area contributed by atoms with Crippen molar-refractivity contribution in [3.05, 3.63) is 41.7 Å². The molecule has 0 fully saturated rings. The van der Waals surface area contributed by atoms with Crippen LogP contribution in [-0.2, 0) is 13.6 Å². The van der Waals surface area contributed by atoms with Crippen LogP contribution < -0.4 is 10.2 Å². The molecule has 1 atom stereocenters. The van der Waals surface area contributed by atoms with Crippen molar-refractivity contribution >= 4 is 11.6 Å². The van der Waals surface area contributed by atoms with Crippen LogP contribution in [0.4, 0.5) is 5.69 Å². The summed E-state index contributed by atoms with van der Waals surface area (Å²) in [7, 11) is 1.87. The summed E-state index contributed by atoms with van der Waals surface area (Å²) < 4.78 is 1.76. The van der Waals surface area contributed by atoms with Crippen LogP contribution in [0.25, 0.3) is 0 Å². The number of nitrogens with zero attached hydrogens (tertiary/aromatic N) is 4. The lowest BCUT2D eigenvalue weighted by atomic mass is 10.1. The van der Waals surface area contributed by atoms with Gasteiger partial charge in [0.15, 0.2) is 0 Å². The van der Waals surface area contributed by atoms with E-state index in [9.17, 15) is 4.79 Å². The average Bonchev–Trinajstić information content (AvgIpc) is 2.78. The highest BCUT2D eigenvalue weighted by molar-refractivity contribution is 6.00. The van der Waals surface area contributed by atoms with Crippen molar-refractivity contribution in [2.24, 2.45) is 7.05 Å². The van der Waals surface area contributed by atoms with Gasteiger partial charge in [-0.25, -0.2) is 0 Å². The van der Waals surface area contributed by atoms with E-state index in [2.05, 4.69) is 20.5 Å². The minimum atomic E-state index is -0.0151. The molecule has 1 aliphatic heterocycles. The topological polar surface area (TPSA) is 63.1 Å². The first-order chi connectivity index (χ1) is 9.65. The van der Waals surface area contributed by atoms with Crippen molar-refractivity contribution in [2.75, 3.05) is 11.4 Å². The third kappa shape index (κ3) is 2.24. The Kier molecular flexibility index (Phi) is 3.14. The Morgan fingerprint density at radius 2 is 2.20 bits per heavy atom. The van der Waals surface area contributed by atoms with E-state index < -0.39 is 0 Å². The molecule has 6 nitrogen and oxygen atoms in total. The van der Waals surface area contributed by atoms with Gasteiger partial charge in [0.25, 0.3) is 5.91 Å². The van der Waals surface area contributed by atoms with Gasteiger partial charge in [-0.05, 0) is 19.1 Å². The zero-order valence-corrected chi connectivity index (χ0v) is 11.6. The summed E-state index contributed by atoms with van der Waals surface area (Å²) in [5, 5.41) is 10.9. The number of hydrogen-bond donors (Lipinski definition) is 1. The van der Waals surface area contributed by atoms with Crippen molar-refractivity contribution in [2.45, 2.75) is 19.5 Å². The van der Waals surface area contributed by atoms with Crippen LogP contribution in [-0.4, -0.2) is 33.5 Å². The molecule has 0 radical (unpaired) electrons. The van der Waals surface area contributed by atoms with Gasteiger partial charge >= 0.3 is 0 Å². The van der Waals surface area contributed by atoms with Crippen molar-refractivity contribution in [3.8, 4) is 0 Å². The van der Waals surface area contributed by atoms with Gasteiger partial charge in [-0.3, -0.25) is 9.48 Å². The van der Waals surface area contributed by atoms with Crippen LogP contribution in [0, 0.1) is 0 Å². The van der Waals surface area contributed by atoms with Crippen molar-refractivity contribution in [1.82, 2.24) is 20.3 Å². The van der Waals surface area contributed by atoms with E-state index in [1.54, 1.807) is 10.9 Å². The maximum atomic E-state index is 12.2. The molecule has 0 spiro atoms. The van der Waals surface area contributed by atoms with E-state index in [1.165, 1.54) is 0 Å². The number of amides is 1. The fourth-order valence-corrected chi connectivity index (χ4v) is 2.52. The molecule has 3 rings (SSSR count). The molecule has 0 aliphatic carbocycles. The van der Waals surface area contributed by atoms with Crippen LogP contribution in [0.1, 0.15) is 23.0 Å². The smallest absolute Gasteiger partial charge is 0.253 e. The number of benzene rings is 1. The molecule has 1 unspecified atom stereocenters. The van der Waals surface area contributed by atoms with E-state index in [-0.39, 0.29) is 11.9 Å². The Morgan fingerprint density at radius 3 is 2.95 bits per heavy atom. The Hall–Kier alpha value is -2.37. The number of carbonyl (C=O) groups excluding carboxylic acids is 1. The third-order valence-corrected chi connectivity index (χ3v) is 3.52. The number of hydrogen-bond acceptors (Lipinski definition) is 4. The van der Waals surface area contributed by atoms with Crippen LogP contribution >= 0.6 is 0 Å². The lowest BCUT2D eigenvalue weighted by molar-refractivity contribution is 0.0945. The van der Waals surface area contributed by atoms with Crippen LogP contribution in [0.15, 0.2) is 30.5 Å². The van der Waals surface area contributed by atoms with Gasteiger partial charge in [-0.2, -0.15) is 0 Å². The second-order valence-electron chi connectivity index (χ2n) is 5.12. The predicted molar refractivity (Wildman–Crippen MR) is 75.4 cm³/mol. The van der Waals surface area contributed by atoms with Gasteiger partial charge in [0, 0.05) is 25.3 Å². The first-order valence-corrected chi connectivity index (χ1v) is 6.63. The van der Waals surface area contributed by atoms with Gasteiger partial charge in [-0.1, -0.05) is 17.3 Å². The first-order valence-electron chi connectivity index (χ1n) is 6.63. The van der Waals surface area contributed by atoms with Gasteiger partial charge in [0.1, 0.15) is 0 Å². The number of fused-ring (bicyclic) bond motifs is 1. The van der Waals surface area contributed by atoms with Crippen LogP contribution in [0.3, 0.4) is 0 Å². The molecule has 0 saturated carbocycles. The van der Waals surface area contributed by atoms with Gasteiger partial charge in [0.2, 0.25) is 0 Å². The van der Waals surface area contributed by atoms with E-state index >= 15 is 0 Å². The van der Waals surface area contributed by atoms with E-state index in [1.807, 2.05) is 38.2 Å². The van der Waals surface area contributed by atoms with E-state index in [4.69, 9.17) is 0 Å². The number of rotatable bonds is 2. The molecule has 0 bridgehead atoms. The monoisotopic (exact) mass is 271 g/mol. The molecule has 1 aromatic carbocycles. The van der Waals surface area contributed by atoms with E-state index in [0.717, 1.165) is 17.9 Å². The first kappa shape index (κ1) is 12.7. The highest BCUT2D eigenvalue weighted by atomic mass is 16.1. The SMILES string of the molecule is CC1CN(Cc2cnnn2C)c2ccccc2C(=O)N1. The summed E-state index contributed by atoms with van der Waals surface area (Å²) in [6, 6.07) is 7.78. The number of aromatic nitrogens is 3. The van der Waals surface area contributed by atoms with Crippen LogP contribution in [0.2, 0.25) is 0 Å². The zero-order valence-electron chi connectivity index (χ0n) is 11.6. The predicted octanol–water partition coefficient (Wildman–Crippen LogP) is 0.954. The average molecular weight is 271 g/mol. The lowest BCUT2D eigenvalue weighted by Gasteiger charge is -2.25. The molecule has 0 saturated heterocycles. The number of anilines is 1. The molecule has 2 aromatic rings. The Labute approximate surface area is 117 Å². The normalized spacial score (nSPS) is 18.4. The minimum absolute atomic E-state index is 0.0151. The molecule has 2 heterocycles. The number of carbonyl (C=O) groups is 1. The molecule has 1 N–H and O–H groups in total. The van der Waals surface area contributed by atoms with Gasteiger partial charge in [0.05, 0.1) is 24.0 Å². The molecule has 6 heteroatoms. The lowest BCUT2D eigenvalue weighted by Crippen LogP contribution is -2.38. The Balaban J connectivity index is 1.98. The molecule has 104 valence electrons. The standard InChI is InChI=1S/C14H17N5O/c1-10-8-19(9-11-7-15-17-18(11)2)13-6-4-3-5-12(13)14(20)16-10/h3-7,10H,8-9H2,1-2H3,(H,16,20). The summed E-state index contributed by atoms with van der Waals surface area (Å²) >= 11 is 0. The minimum Gasteiger partial charge on any atom is -0.363 e. The number of aryl methyl sites for hydroxylation is 1. The molecular weight excluding hydrogens is 254 g/mol. The molecule has 1 aromatic heterocycles. The highest BCUT2D eigenvalue weighted by Gasteiger charge is 2.24. The fraction of sp³-hybridized carbons (Fsp3) is 0.357. The maximum Gasteiger partial charge on any atom is 0.253 e. The second kappa shape index (κ2) is 4.96. The summed E-state index contributed by atoms with van der Waals surface area (Å²) in [6.45, 7) is 3.45. The third-order valence-electron chi connectivity index (χ3n) is 3.52. The molecule has 1 aliphatic rings. The maximum absolute atomic E-state index is 12.2. The number of para-hydroxylation sites is 1. The largest absolute Gasteiger partial charge is 0.363 e. The van der Waals surface area contributed by atoms with Gasteiger partial charge in [-0.15, -0.1) is 5.10 Å². The highest BCUT2D eigenvalue weighted by Crippen LogP contribution is 2.24. The van der Waals surface area contributed by atoms with Crippen molar-refractivity contribution in [3.63, 3.8) is 0 Å².